The van der Waals surface area contributed by atoms with E-state index in [1.165, 1.54) is 0 Å². The fraction of sp³-hybridized carbons (Fsp3) is 0.733. The summed E-state index contributed by atoms with van der Waals surface area (Å²) in [6, 6.07) is 2.47. The van der Waals surface area contributed by atoms with Gasteiger partial charge >= 0.3 is 0 Å². The predicted octanol–water partition coefficient (Wildman–Crippen LogP) is 3.44. The van der Waals surface area contributed by atoms with Crippen LogP contribution < -0.4 is 10.2 Å². The standard InChI is InChI=1S/C15H28N4/c1-8-9-19(11(2)3)13-10-12(16-7)17-14(18-13)15(4,5)6/h10-11H,8-9H2,1-7H3,(H,16,17,18). The lowest BCUT2D eigenvalue weighted by molar-refractivity contribution is 0.542. The van der Waals surface area contributed by atoms with E-state index in [2.05, 4.69) is 56.7 Å². The van der Waals surface area contributed by atoms with Crippen LogP contribution in [-0.4, -0.2) is 29.6 Å². The molecule has 1 N–H and O–H groups in total. The van der Waals surface area contributed by atoms with Crippen molar-refractivity contribution >= 4 is 11.6 Å². The van der Waals surface area contributed by atoms with E-state index in [1.807, 2.05) is 13.1 Å². The Balaban J connectivity index is 3.25. The van der Waals surface area contributed by atoms with Crippen LogP contribution in [0.4, 0.5) is 11.6 Å². The zero-order valence-corrected chi connectivity index (χ0v) is 13.4. The van der Waals surface area contributed by atoms with Gasteiger partial charge in [-0.05, 0) is 20.3 Å². The summed E-state index contributed by atoms with van der Waals surface area (Å²) in [6.07, 6.45) is 1.11. The topological polar surface area (TPSA) is 41.0 Å². The SMILES string of the molecule is CCCN(c1cc(NC)nc(C(C)(C)C)n1)C(C)C. The van der Waals surface area contributed by atoms with Crippen molar-refractivity contribution in [2.45, 2.75) is 59.4 Å². The molecule has 0 saturated heterocycles. The first kappa shape index (κ1) is 15.7. The predicted molar refractivity (Wildman–Crippen MR) is 83.1 cm³/mol. The molecule has 1 aromatic heterocycles. The first-order valence-corrected chi connectivity index (χ1v) is 7.13. The van der Waals surface area contributed by atoms with E-state index in [9.17, 15) is 0 Å². The molecule has 1 aromatic rings. The smallest absolute Gasteiger partial charge is 0.138 e. The van der Waals surface area contributed by atoms with Gasteiger partial charge in [-0.25, -0.2) is 9.97 Å². The van der Waals surface area contributed by atoms with E-state index in [0.717, 1.165) is 30.4 Å². The minimum Gasteiger partial charge on any atom is -0.373 e. The number of nitrogens with zero attached hydrogens (tertiary/aromatic N) is 3. The molecule has 0 bridgehead atoms. The Labute approximate surface area is 117 Å². The van der Waals surface area contributed by atoms with Crippen LogP contribution in [0.25, 0.3) is 0 Å². The van der Waals surface area contributed by atoms with Crippen LogP contribution in [-0.2, 0) is 5.41 Å². The molecule has 19 heavy (non-hydrogen) atoms. The Morgan fingerprint density at radius 1 is 1.26 bits per heavy atom. The molecule has 4 heteroatoms. The number of hydrogen-bond acceptors (Lipinski definition) is 4. The molecule has 1 heterocycles. The third-order valence-corrected chi connectivity index (χ3v) is 3.02. The molecule has 0 amide bonds. The molecule has 4 nitrogen and oxygen atoms in total. The fourth-order valence-electron chi connectivity index (χ4n) is 1.92. The van der Waals surface area contributed by atoms with Crippen LogP contribution in [0.3, 0.4) is 0 Å². The zero-order valence-electron chi connectivity index (χ0n) is 13.4. The van der Waals surface area contributed by atoms with Gasteiger partial charge in [-0.3, -0.25) is 0 Å². The maximum absolute atomic E-state index is 4.77. The Hall–Kier alpha value is -1.32. The molecular weight excluding hydrogens is 236 g/mol. The summed E-state index contributed by atoms with van der Waals surface area (Å²) in [5.74, 6) is 2.79. The van der Waals surface area contributed by atoms with E-state index < -0.39 is 0 Å². The van der Waals surface area contributed by atoms with Crippen molar-refractivity contribution in [3.05, 3.63) is 11.9 Å². The van der Waals surface area contributed by atoms with Gasteiger partial charge in [0.15, 0.2) is 0 Å². The summed E-state index contributed by atoms with van der Waals surface area (Å²) < 4.78 is 0. The molecule has 0 unspecified atom stereocenters. The largest absolute Gasteiger partial charge is 0.373 e. The highest BCUT2D eigenvalue weighted by atomic mass is 15.2. The molecule has 0 radical (unpaired) electrons. The van der Waals surface area contributed by atoms with Crippen LogP contribution in [0, 0.1) is 0 Å². The minimum atomic E-state index is -0.0452. The summed E-state index contributed by atoms with van der Waals surface area (Å²) in [5, 5.41) is 3.14. The molecule has 0 fully saturated rings. The van der Waals surface area contributed by atoms with Crippen LogP contribution >= 0.6 is 0 Å². The normalized spacial score (nSPS) is 11.8. The Kier molecular flexibility index (Phi) is 5.15. The minimum absolute atomic E-state index is 0.0452. The molecule has 1 rings (SSSR count). The van der Waals surface area contributed by atoms with E-state index in [1.54, 1.807) is 0 Å². The number of nitrogens with one attached hydrogen (secondary N) is 1. The number of aromatic nitrogens is 2. The van der Waals surface area contributed by atoms with Gasteiger partial charge in [-0.2, -0.15) is 0 Å². The van der Waals surface area contributed by atoms with Crippen molar-refractivity contribution in [3.8, 4) is 0 Å². The van der Waals surface area contributed by atoms with Crippen molar-refractivity contribution in [2.75, 3.05) is 23.8 Å². The summed E-state index contributed by atoms with van der Waals surface area (Å²) >= 11 is 0. The van der Waals surface area contributed by atoms with Gasteiger partial charge in [0.05, 0.1) is 0 Å². The second kappa shape index (κ2) is 6.22. The Morgan fingerprint density at radius 2 is 1.89 bits per heavy atom. The van der Waals surface area contributed by atoms with Crippen LogP contribution in [0.1, 0.15) is 53.8 Å². The van der Waals surface area contributed by atoms with Crippen molar-refractivity contribution in [2.24, 2.45) is 0 Å². The number of anilines is 2. The molecule has 108 valence electrons. The lowest BCUT2D eigenvalue weighted by Gasteiger charge is -2.29. The molecule has 0 saturated carbocycles. The maximum Gasteiger partial charge on any atom is 0.138 e. The quantitative estimate of drug-likeness (QED) is 0.884. The zero-order chi connectivity index (χ0) is 14.6. The van der Waals surface area contributed by atoms with E-state index in [0.29, 0.717) is 6.04 Å². The Bertz CT molecular complexity index is 407. The van der Waals surface area contributed by atoms with Gasteiger partial charge in [-0.1, -0.05) is 27.7 Å². The van der Waals surface area contributed by atoms with E-state index >= 15 is 0 Å². The van der Waals surface area contributed by atoms with Gasteiger partial charge in [0.2, 0.25) is 0 Å². The lowest BCUT2D eigenvalue weighted by atomic mass is 9.95. The first-order chi connectivity index (χ1) is 8.79. The van der Waals surface area contributed by atoms with Crippen molar-refractivity contribution < 1.29 is 0 Å². The van der Waals surface area contributed by atoms with Crippen molar-refractivity contribution in [1.82, 2.24) is 9.97 Å². The highest BCUT2D eigenvalue weighted by Crippen LogP contribution is 2.25. The second-order valence-electron chi connectivity index (χ2n) is 6.22. The summed E-state index contributed by atoms with van der Waals surface area (Å²) in [4.78, 5) is 11.7. The van der Waals surface area contributed by atoms with Gasteiger partial charge in [0.25, 0.3) is 0 Å². The van der Waals surface area contributed by atoms with Crippen LogP contribution in [0.2, 0.25) is 0 Å². The van der Waals surface area contributed by atoms with Crippen LogP contribution in [0.15, 0.2) is 6.07 Å². The van der Waals surface area contributed by atoms with Crippen molar-refractivity contribution in [3.63, 3.8) is 0 Å². The van der Waals surface area contributed by atoms with Crippen molar-refractivity contribution in [1.29, 1.82) is 0 Å². The molecule has 0 atom stereocenters. The van der Waals surface area contributed by atoms with Crippen LogP contribution in [0.5, 0.6) is 0 Å². The third-order valence-electron chi connectivity index (χ3n) is 3.02. The van der Waals surface area contributed by atoms with Gasteiger partial charge in [-0.15, -0.1) is 0 Å². The summed E-state index contributed by atoms with van der Waals surface area (Å²) in [7, 11) is 1.90. The van der Waals surface area contributed by atoms with E-state index in [4.69, 9.17) is 4.98 Å². The Morgan fingerprint density at radius 3 is 2.32 bits per heavy atom. The van der Waals surface area contributed by atoms with Gasteiger partial charge in [0, 0.05) is 31.1 Å². The number of rotatable bonds is 5. The highest BCUT2D eigenvalue weighted by Gasteiger charge is 2.21. The fourth-order valence-corrected chi connectivity index (χ4v) is 1.92. The molecule has 0 spiro atoms. The molecule has 0 aromatic carbocycles. The average molecular weight is 264 g/mol. The summed E-state index contributed by atoms with van der Waals surface area (Å²) in [6.45, 7) is 14.0. The summed E-state index contributed by atoms with van der Waals surface area (Å²) in [5.41, 5.74) is -0.0452. The molecular formula is C15H28N4. The maximum atomic E-state index is 4.77. The van der Waals surface area contributed by atoms with E-state index in [-0.39, 0.29) is 5.41 Å². The molecule has 0 aliphatic heterocycles. The second-order valence-corrected chi connectivity index (χ2v) is 6.22. The lowest BCUT2D eigenvalue weighted by Crippen LogP contribution is -2.33. The first-order valence-electron chi connectivity index (χ1n) is 7.13. The van der Waals surface area contributed by atoms with Gasteiger partial charge in [0.1, 0.15) is 17.5 Å². The monoisotopic (exact) mass is 264 g/mol. The third kappa shape index (κ3) is 4.08. The highest BCUT2D eigenvalue weighted by molar-refractivity contribution is 5.50. The molecule has 0 aliphatic carbocycles. The molecule has 0 aliphatic rings. The number of hydrogen-bond donors (Lipinski definition) is 1. The average Bonchev–Trinajstić information content (AvgIpc) is 2.33. The van der Waals surface area contributed by atoms with Gasteiger partial charge < -0.3 is 10.2 Å².